The molecule has 1 aromatic heterocycles. The molecule has 2 rings (SSSR count). The SMILES string of the molecule is Cc1ccc(F)c(Nc2ncc(C(=O)O)c(C)n2)c1. The van der Waals surface area contributed by atoms with Gasteiger partial charge in [-0.2, -0.15) is 0 Å². The zero-order valence-electron chi connectivity index (χ0n) is 10.4. The molecule has 1 aromatic carbocycles. The third-order valence-corrected chi connectivity index (χ3v) is 2.58. The lowest BCUT2D eigenvalue weighted by Gasteiger charge is -2.08. The molecular formula is C13H12FN3O2. The maximum Gasteiger partial charge on any atom is 0.339 e. The quantitative estimate of drug-likeness (QED) is 0.888. The highest BCUT2D eigenvalue weighted by Crippen LogP contribution is 2.19. The van der Waals surface area contributed by atoms with Crippen LogP contribution in [0.4, 0.5) is 16.0 Å². The van der Waals surface area contributed by atoms with E-state index in [1.54, 1.807) is 19.1 Å². The number of carboxylic acid groups (broad SMARTS) is 1. The van der Waals surface area contributed by atoms with Crippen molar-refractivity contribution in [3.05, 3.63) is 47.0 Å². The minimum Gasteiger partial charge on any atom is -0.478 e. The average Bonchev–Trinajstić information content (AvgIpc) is 2.33. The molecule has 5 nitrogen and oxygen atoms in total. The van der Waals surface area contributed by atoms with E-state index in [0.717, 1.165) is 5.56 Å². The summed E-state index contributed by atoms with van der Waals surface area (Å²) in [5, 5.41) is 11.6. The van der Waals surface area contributed by atoms with Gasteiger partial charge in [-0.1, -0.05) is 6.07 Å². The van der Waals surface area contributed by atoms with Crippen LogP contribution >= 0.6 is 0 Å². The highest BCUT2D eigenvalue weighted by atomic mass is 19.1. The zero-order valence-corrected chi connectivity index (χ0v) is 10.4. The third-order valence-electron chi connectivity index (χ3n) is 2.58. The van der Waals surface area contributed by atoms with E-state index < -0.39 is 11.8 Å². The Morgan fingerprint density at radius 1 is 1.37 bits per heavy atom. The van der Waals surface area contributed by atoms with Gasteiger partial charge in [-0.3, -0.25) is 0 Å². The van der Waals surface area contributed by atoms with E-state index in [2.05, 4.69) is 15.3 Å². The Morgan fingerprint density at radius 3 is 2.74 bits per heavy atom. The topological polar surface area (TPSA) is 75.1 Å². The molecule has 0 bridgehead atoms. The molecule has 1 heterocycles. The first-order valence-electron chi connectivity index (χ1n) is 5.57. The van der Waals surface area contributed by atoms with Crippen molar-refractivity contribution in [2.45, 2.75) is 13.8 Å². The molecule has 0 spiro atoms. The fourth-order valence-corrected chi connectivity index (χ4v) is 1.59. The van der Waals surface area contributed by atoms with Gasteiger partial charge in [-0.25, -0.2) is 19.2 Å². The second-order valence-electron chi connectivity index (χ2n) is 4.11. The first-order chi connectivity index (χ1) is 8.97. The maximum absolute atomic E-state index is 13.6. The molecule has 0 amide bonds. The van der Waals surface area contributed by atoms with Crippen LogP contribution in [0, 0.1) is 19.7 Å². The number of halogens is 1. The van der Waals surface area contributed by atoms with Gasteiger partial charge < -0.3 is 10.4 Å². The molecule has 0 atom stereocenters. The van der Waals surface area contributed by atoms with E-state index >= 15 is 0 Å². The summed E-state index contributed by atoms with van der Waals surface area (Å²) in [7, 11) is 0. The minimum atomic E-state index is -1.09. The van der Waals surface area contributed by atoms with Gasteiger partial charge in [0.05, 0.1) is 16.9 Å². The molecule has 2 aromatic rings. The van der Waals surface area contributed by atoms with Crippen LogP contribution in [0.5, 0.6) is 0 Å². The van der Waals surface area contributed by atoms with Crippen LogP contribution < -0.4 is 5.32 Å². The fourth-order valence-electron chi connectivity index (χ4n) is 1.59. The molecular weight excluding hydrogens is 249 g/mol. The van der Waals surface area contributed by atoms with E-state index in [1.165, 1.54) is 12.3 Å². The van der Waals surface area contributed by atoms with Crippen molar-refractivity contribution in [2.75, 3.05) is 5.32 Å². The lowest BCUT2D eigenvalue weighted by molar-refractivity contribution is 0.0695. The van der Waals surface area contributed by atoms with Crippen molar-refractivity contribution in [2.24, 2.45) is 0 Å². The van der Waals surface area contributed by atoms with Gasteiger partial charge in [0.2, 0.25) is 5.95 Å². The molecule has 0 fully saturated rings. The molecule has 0 radical (unpaired) electrons. The normalized spacial score (nSPS) is 10.3. The van der Waals surface area contributed by atoms with Crippen molar-refractivity contribution in [3.8, 4) is 0 Å². The summed E-state index contributed by atoms with van der Waals surface area (Å²) >= 11 is 0. The van der Waals surface area contributed by atoms with E-state index in [4.69, 9.17) is 5.11 Å². The first kappa shape index (κ1) is 12.9. The molecule has 98 valence electrons. The third kappa shape index (κ3) is 2.85. The number of carboxylic acids is 1. The molecule has 0 saturated carbocycles. The van der Waals surface area contributed by atoms with Gasteiger partial charge in [0.1, 0.15) is 5.82 Å². The molecule has 0 saturated heterocycles. The van der Waals surface area contributed by atoms with Crippen LogP contribution in [0.15, 0.2) is 24.4 Å². The minimum absolute atomic E-state index is 0.0234. The maximum atomic E-state index is 13.6. The van der Waals surface area contributed by atoms with Gasteiger partial charge in [0.25, 0.3) is 0 Å². The number of anilines is 2. The average molecular weight is 261 g/mol. The Morgan fingerprint density at radius 2 is 2.11 bits per heavy atom. The molecule has 6 heteroatoms. The Hall–Kier alpha value is -2.50. The van der Waals surface area contributed by atoms with Crippen molar-refractivity contribution in [1.82, 2.24) is 9.97 Å². The summed E-state index contributed by atoms with van der Waals surface area (Å²) in [6.45, 7) is 3.40. The van der Waals surface area contributed by atoms with E-state index in [9.17, 15) is 9.18 Å². The number of carbonyl (C=O) groups is 1. The highest BCUT2D eigenvalue weighted by Gasteiger charge is 2.11. The standard InChI is InChI=1S/C13H12FN3O2/c1-7-3-4-10(14)11(5-7)17-13-15-6-9(12(18)19)8(2)16-13/h3-6H,1-2H3,(H,18,19)(H,15,16,17). The summed E-state index contributed by atoms with van der Waals surface area (Å²) in [4.78, 5) is 18.7. The van der Waals surface area contributed by atoms with Crippen LogP contribution in [0.1, 0.15) is 21.6 Å². The second kappa shape index (κ2) is 5.01. The van der Waals surface area contributed by atoms with Gasteiger partial charge >= 0.3 is 5.97 Å². The summed E-state index contributed by atoms with van der Waals surface area (Å²) in [5.74, 6) is -1.35. The largest absolute Gasteiger partial charge is 0.478 e. The summed E-state index contributed by atoms with van der Waals surface area (Å²) < 4.78 is 13.6. The van der Waals surface area contributed by atoms with Crippen molar-refractivity contribution in [3.63, 3.8) is 0 Å². The molecule has 19 heavy (non-hydrogen) atoms. The van der Waals surface area contributed by atoms with Gasteiger partial charge in [0, 0.05) is 6.20 Å². The van der Waals surface area contributed by atoms with Crippen molar-refractivity contribution >= 4 is 17.6 Å². The number of rotatable bonds is 3. The molecule has 0 unspecified atom stereocenters. The first-order valence-corrected chi connectivity index (χ1v) is 5.57. The summed E-state index contributed by atoms with van der Waals surface area (Å²) in [5.41, 5.74) is 1.48. The summed E-state index contributed by atoms with van der Waals surface area (Å²) in [6, 6.07) is 4.62. The van der Waals surface area contributed by atoms with Crippen molar-refractivity contribution in [1.29, 1.82) is 0 Å². The number of benzene rings is 1. The molecule has 2 N–H and O–H groups in total. The van der Waals surface area contributed by atoms with Crippen LogP contribution in [-0.2, 0) is 0 Å². The Kier molecular flexibility index (Phi) is 3.41. The number of hydrogen-bond donors (Lipinski definition) is 2. The second-order valence-corrected chi connectivity index (χ2v) is 4.11. The van der Waals surface area contributed by atoms with Gasteiger partial charge in [0.15, 0.2) is 0 Å². The monoisotopic (exact) mass is 261 g/mol. The van der Waals surface area contributed by atoms with E-state index in [0.29, 0.717) is 5.69 Å². The number of aryl methyl sites for hydroxylation is 2. The number of nitrogens with zero attached hydrogens (tertiary/aromatic N) is 2. The Labute approximate surface area is 109 Å². The zero-order chi connectivity index (χ0) is 14.0. The number of hydrogen-bond acceptors (Lipinski definition) is 4. The molecule has 0 aliphatic carbocycles. The van der Waals surface area contributed by atoms with Crippen LogP contribution in [-0.4, -0.2) is 21.0 Å². The molecule has 0 aliphatic heterocycles. The highest BCUT2D eigenvalue weighted by molar-refractivity contribution is 5.88. The molecule has 0 aliphatic rings. The van der Waals surface area contributed by atoms with Gasteiger partial charge in [-0.05, 0) is 31.5 Å². The summed E-state index contributed by atoms with van der Waals surface area (Å²) in [6.07, 6.45) is 1.20. The predicted octanol–water partition coefficient (Wildman–Crippen LogP) is 2.67. The van der Waals surface area contributed by atoms with Crippen LogP contribution in [0.25, 0.3) is 0 Å². The van der Waals surface area contributed by atoms with Crippen molar-refractivity contribution < 1.29 is 14.3 Å². The van der Waals surface area contributed by atoms with Crippen LogP contribution in [0.2, 0.25) is 0 Å². The Bertz CT molecular complexity index is 644. The van der Waals surface area contributed by atoms with Crippen LogP contribution in [0.3, 0.4) is 0 Å². The Balaban J connectivity index is 2.31. The number of aromatic nitrogens is 2. The van der Waals surface area contributed by atoms with E-state index in [-0.39, 0.29) is 17.2 Å². The lowest BCUT2D eigenvalue weighted by Crippen LogP contribution is -2.06. The smallest absolute Gasteiger partial charge is 0.339 e. The lowest BCUT2D eigenvalue weighted by atomic mass is 10.2. The number of aromatic carboxylic acids is 1. The fraction of sp³-hybridized carbons (Fsp3) is 0.154. The predicted molar refractivity (Wildman–Crippen MR) is 68.1 cm³/mol. The number of nitrogens with one attached hydrogen (secondary N) is 1. The van der Waals surface area contributed by atoms with Gasteiger partial charge in [-0.15, -0.1) is 0 Å². The van der Waals surface area contributed by atoms with E-state index in [1.807, 2.05) is 6.92 Å².